The molecule has 3 saturated carbocycles. The fourth-order valence-corrected chi connectivity index (χ4v) is 8.05. The number of carbonyl (C=O) groups is 3. The molecule has 5 aliphatic rings. The van der Waals surface area contributed by atoms with Gasteiger partial charge in [-0.15, -0.1) is 0 Å². The van der Waals surface area contributed by atoms with Crippen molar-refractivity contribution in [3.8, 4) is 0 Å². The third-order valence-electron chi connectivity index (χ3n) is 9.42. The number of carbonyl (C=O) groups excluding carboxylic acids is 3. The van der Waals surface area contributed by atoms with Crippen molar-refractivity contribution in [2.75, 3.05) is 6.61 Å². The molecule has 0 aromatic carbocycles. The molecule has 0 radical (unpaired) electrons. The van der Waals surface area contributed by atoms with Crippen LogP contribution < -0.4 is 0 Å². The molecule has 9 atom stereocenters. The fraction of sp³-hybridized carbons (Fsp3) is 0.731. The standard InChI is InChI=1S/C26H32F2O7/c1-6-33-21(32)20(31)26-19(34-22(2,3)35-26)11-14-15-10-17(27)16-9-13(29)7-8-23(16,4)25(15,28)18(30)12-24(14,26)5/h7-9,14-15,17-19,30H,6,10-12H2,1-5H3/t14?,15?,17-,18?,19+,23?,24?,25-,26-/m0/s1. The van der Waals surface area contributed by atoms with Gasteiger partial charge in [-0.25, -0.2) is 13.6 Å². The Hall–Kier alpha value is -1.97. The topological polar surface area (TPSA) is 99.1 Å². The number of Topliss-reactive ketones (excluding diaryl/α,β-unsaturated/α-hetero) is 1. The fourth-order valence-electron chi connectivity index (χ4n) is 8.05. The molecular formula is C26H32F2O7. The normalized spacial score (nSPS) is 49.4. The molecule has 1 saturated heterocycles. The van der Waals surface area contributed by atoms with Crippen molar-refractivity contribution in [3.05, 3.63) is 23.8 Å². The number of ketones is 2. The van der Waals surface area contributed by atoms with Crippen LogP contribution in [-0.4, -0.2) is 64.7 Å². The van der Waals surface area contributed by atoms with Crippen LogP contribution in [0.5, 0.6) is 0 Å². The van der Waals surface area contributed by atoms with Gasteiger partial charge in [-0.05, 0) is 70.6 Å². The van der Waals surface area contributed by atoms with Gasteiger partial charge in [0.25, 0.3) is 5.78 Å². The predicted molar refractivity (Wildman–Crippen MR) is 118 cm³/mol. The summed E-state index contributed by atoms with van der Waals surface area (Å²) in [5.41, 5.74) is -6.86. The number of rotatable bonds is 3. The molecule has 5 unspecified atom stereocenters. The highest BCUT2D eigenvalue weighted by molar-refractivity contribution is 6.37. The van der Waals surface area contributed by atoms with Crippen molar-refractivity contribution in [1.29, 1.82) is 0 Å². The lowest BCUT2D eigenvalue weighted by Gasteiger charge is -2.63. The largest absolute Gasteiger partial charge is 0.460 e. The van der Waals surface area contributed by atoms with Crippen LogP contribution >= 0.6 is 0 Å². The van der Waals surface area contributed by atoms with Crippen molar-refractivity contribution in [2.24, 2.45) is 22.7 Å². The van der Waals surface area contributed by atoms with E-state index in [1.54, 1.807) is 27.7 Å². The second kappa shape index (κ2) is 7.29. The second-order valence-corrected chi connectivity index (χ2v) is 11.5. The summed E-state index contributed by atoms with van der Waals surface area (Å²) in [4.78, 5) is 38.3. The molecule has 4 fully saturated rings. The van der Waals surface area contributed by atoms with E-state index in [1.165, 1.54) is 19.1 Å². The highest BCUT2D eigenvalue weighted by Crippen LogP contribution is 2.72. The number of hydrogen-bond acceptors (Lipinski definition) is 7. The van der Waals surface area contributed by atoms with Crippen molar-refractivity contribution in [3.63, 3.8) is 0 Å². The third-order valence-corrected chi connectivity index (χ3v) is 9.42. The zero-order valence-corrected chi connectivity index (χ0v) is 20.6. The van der Waals surface area contributed by atoms with E-state index in [0.29, 0.717) is 0 Å². The molecule has 35 heavy (non-hydrogen) atoms. The van der Waals surface area contributed by atoms with Crippen molar-refractivity contribution in [1.82, 2.24) is 0 Å². The predicted octanol–water partition coefficient (Wildman–Crippen LogP) is 2.94. The number of aliphatic hydroxyl groups excluding tert-OH is 1. The first-order chi connectivity index (χ1) is 16.2. The summed E-state index contributed by atoms with van der Waals surface area (Å²) in [5, 5.41) is 11.5. The minimum absolute atomic E-state index is 0.0173. The van der Waals surface area contributed by atoms with E-state index in [1.807, 2.05) is 0 Å². The Kier molecular flexibility index (Phi) is 5.15. The highest BCUT2D eigenvalue weighted by atomic mass is 19.1. The monoisotopic (exact) mass is 494 g/mol. The van der Waals surface area contributed by atoms with Crippen LogP contribution in [0.1, 0.15) is 53.9 Å². The number of hydrogen-bond donors (Lipinski definition) is 1. The Bertz CT molecular complexity index is 1070. The lowest BCUT2D eigenvalue weighted by Crippen LogP contribution is -2.71. The average Bonchev–Trinajstić information content (AvgIpc) is 3.17. The molecule has 9 heteroatoms. The summed E-state index contributed by atoms with van der Waals surface area (Å²) in [5.74, 6) is -5.29. The number of halogens is 2. The van der Waals surface area contributed by atoms with Crippen molar-refractivity contribution < 1.29 is 42.5 Å². The quantitative estimate of drug-likeness (QED) is 0.476. The van der Waals surface area contributed by atoms with Gasteiger partial charge >= 0.3 is 5.97 Å². The highest BCUT2D eigenvalue weighted by Gasteiger charge is 2.81. The summed E-state index contributed by atoms with van der Waals surface area (Å²) in [6, 6.07) is 0. The van der Waals surface area contributed by atoms with E-state index in [0.717, 1.165) is 6.08 Å². The van der Waals surface area contributed by atoms with Crippen LogP contribution in [0.25, 0.3) is 0 Å². The lowest BCUT2D eigenvalue weighted by atomic mass is 9.44. The summed E-state index contributed by atoms with van der Waals surface area (Å²) < 4.78 is 50.2. The zero-order chi connectivity index (χ0) is 25.8. The number of alkyl halides is 2. The van der Waals surface area contributed by atoms with E-state index in [-0.39, 0.29) is 31.4 Å². The van der Waals surface area contributed by atoms with Crippen LogP contribution in [0.3, 0.4) is 0 Å². The summed E-state index contributed by atoms with van der Waals surface area (Å²) in [6.45, 7) is 8.03. The van der Waals surface area contributed by atoms with E-state index in [2.05, 4.69) is 0 Å². The molecule has 5 rings (SSSR count). The van der Waals surface area contributed by atoms with Crippen LogP contribution in [0.15, 0.2) is 23.8 Å². The Morgan fingerprint density at radius 2 is 1.89 bits per heavy atom. The molecule has 192 valence electrons. The van der Waals surface area contributed by atoms with Gasteiger partial charge < -0.3 is 19.3 Å². The Labute approximate surface area is 202 Å². The maximum atomic E-state index is 17.3. The van der Waals surface area contributed by atoms with E-state index in [4.69, 9.17) is 14.2 Å². The molecule has 0 spiro atoms. The smallest absolute Gasteiger partial charge is 0.377 e. The van der Waals surface area contributed by atoms with Gasteiger partial charge in [-0.3, -0.25) is 9.59 Å². The van der Waals surface area contributed by atoms with Gasteiger partial charge in [0.1, 0.15) is 6.17 Å². The van der Waals surface area contributed by atoms with Crippen LogP contribution in [0.4, 0.5) is 8.78 Å². The van der Waals surface area contributed by atoms with Gasteiger partial charge in [0.2, 0.25) is 0 Å². The third kappa shape index (κ3) is 2.83. The number of fused-ring (bicyclic) bond motifs is 7. The van der Waals surface area contributed by atoms with Crippen molar-refractivity contribution in [2.45, 2.75) is 89.3 Å². The maximum Gasteiger partial charge on any atom is 0.377 e. The minimum atomic E-state index is -2.30. The van der Waals surface area contributed by atoms with Gasteiger partial charge in [0.05, 0.1) is 18.8 Å². The molecule has 1 heterocycles. The average molecular weight is 495 g/mol. The van der Waals surface area contributed by atoms with Gasteiger partial charge in [-0.1, -0.05) is 13.0 Å². The number of aliphatic hydroxyl groups is 1. The molecule has 0 aromatic rings. The van der Waals surface area contributed by atoms with E-state index < -0.39 is 75.6 Å². The summed E-state index contributed by atoms with van der Waals surface area (Å²) in [7, 11) is 0. The second-order valence-electron chi connectivity index (χ2n) is 11.5. The van der Waals surface area contributed by atoms with Gasteiger partial charge in [-0.2, -0.15) is 0 Å². The maximum absolute atomic E-state index is 17.3. The SMILES string of the molecule is CCOC(=O)C(=O)[C@@]12OC(C)(C)O[C@@H]1CC1C3C[C@H](F)C4=CC(=O)C=CC4(C)[C@@]3(F)C(O)CC12C. The zero-order valence-electron chi connectivity index (χ0n) is 20.6. The van der Waals surface area contributed by atoms with E-state index >= 15 is 8.78 Å². The van der Waals surface area contributed by atoms with Crippen LogP contribution in [0.2, 0.25) is 0 Å². The molecule has 7 nitrogen and oxygen atoms in total. The molecule has 4 aliphatic carbocycles. The first-order valence-electron chi connectivity index (χ1n) is 12.2. The van der Waals surface area contributed by atoms with Crippen LogP contribution in [0, 0.1) is 22.7 Å². The van der Waals surface area contributed by atoms with Gasteiger partial charge in [0.15, 0.2) is 22.8 Å². The minimum Gasteiger partial charge on any atom is -0.460 e. The number of ether oxygens (including phenoxy) is 3. The first-order valence-corrected chi connectivity index (χ1v) is 12.2. The number of esters is 1. The Balaban J connectivity index is 1.65. The lowest BCUT2D eigenvalue weighted by molar-refractivity contribution is -0.248. The molecule has 0 aromatic heterocycles. The summed E-state index contributed by atoms with van der Waals surface area (Å²) in [6.07, 6.45) is -0.747. The molecule has 1 N–H and O–H groups in total. The molecule has 0 amide bonds. The van der Waals surface area contributed by atoms with Crippen LogP contribution in [-0.2, 0) is 28.6 Å². The Morgan fingerprint density at radius 3 is 2.54 bits per heavy atom. The van der Waals surface area contributed by atoms with E-state index in [9.17, 15) is 19.5 Å². The number of allylic oxidation sites excluding steroid dienone is 4. The molecule has 1 aliphatic heterocycles. The molecule has 0 bridgehead atoms. The van der Waals surface area contributed by atoms with Crippen molar-refractivity contribution >= 4 is 17.5 Å². The molecular weight excluding hydrogens is 462 g/mol. The Morgan fingerprint density at radius 1 is 1.20 bits per heavy atom. The summed E-state index contributed by atoms with van der Waals surface area (Å²) >= 11 is 0. The van der Waals surface area contributed by atoms with Gasteiger partial charge in [0, 0.05) is 16.7 Å². The first kappa shape index (κ1) is 24.7.